The molecule has 0 aromatic carbocycles. The second-order valence-corrected chi connectivity index (χ2v) is 5.45. The lowest BCUT2D eigenvalue weighted by Gasteiger charge is -2.34. The van der Waals surface area contributed by atoms with Gasteiger partial charge in [-0.05, 0) is 34.9 Å². The third-order valence-electron chi connectivity index (χ3n) is 2.58. The Kier molecular flexibility index (Phi) is 3.40. The van der Waals surface area contributed by atoms with Gasteiger partial charge in [-0.25, -0.2) is 9.97 Å². The van der Waals surface area contributed by atoms with Crippen LogP contribution in [-0.2, 0) is 0 Å². The zero-order valence-electron chi connectivity index (χ0n) is 8.73. The monoisotopic (exact) mass is 318 g/mol. The van der Waals surface area contributed by atoms with Crippen LogP contribution < -0.4 is 10.6 Å². The molecule has 2 rings (SSSR count). The number of rotatable bonds is 1. The van der Waals surface area contributed by atoms with Gasteiger partial charge in [-0.15, -0.1) is 0 Å². The highest BCUT2D eigenvalue weighted by Crippen LogP contribution is 2.19. The van der Waals surface area contributed by atoms with Crippen LogP contribution >= 0.6 is 22.6 Å². The molecule has 1 aliphatic heterocycles. The smallest absolute Gasteiger partial charge is 0.225 e. The van der Waals surface area contributed by atoms with Gasteiger partial charge < -0.3 is 10.6 Å². The summed E-state index contributed by atoms with van der Waals surface area (Å²) in [6.45, 7) is 4.10. The minimum atomic E-state index is 0.247. The molecule has 0 amide bonds. The number of nitrogens with two attached hydrogens (primary N) is 1. The maximum absolute atomic E-state index is 5.98. The highest BCUT2D eigenvalue weighted by molar-refractivity contribution is 14.1. The summed E-state index contributed by atoms with van der Waals surface area (Å²) in [5.74, 6) is 1.43. The van der Waals surface area contributed by atoms with E-state index < -0.39 is 0 Å². The molecule has 1 saturated heterocycles. The largest absolute Gasteiger partial charge is 0.339 e. The number of hydrogen-bond donors (Lipinski definition) is 1. The molecule has 1 aromatic rings. The Morgan fingerprint density at radius 2 is 2.07 bits per heavy atom. The molecule has 82 valence electrons. The molecule has 4 nitrogen and oxygen atoms in total. The van der Waals surface area contributed by atoms with Crippen LogP contribution in [0.15, 0.2) is 12.4 Å². The van der Waals surface area contributed by atoms with Gasteiger partial charge in [0.1, 0.15) is 0 Å². The summed E-state index contributed by atoms with van der Waals surface area (Å²) in [6.07, 6.45) is 4.78. The topological polar surface area (TPSA) is 55.0 Å². The SMILES string of the molecule is CC1CC(N)CN(c2ncc(I)cn2)C1. The fourth-order valence-electron chi connectivity index (χ4n) is 2.03. The number of hydrogen-bond acceptors (Lipinski definition) is 4. The van der Waals surface area contributed by atoms with E-state index in [-0.39, 0.29) is 6.04 Å². The van der Waals surface area contributed by atoms with Gasteiger partial charge in [-0.3, -0.25) is 0 Å². The second kappa shape index (κ2) is 4.61. The summed E-state index contributed by atoms with van der Waals surface area (Å²) < 4.78 is 1.06. The predicted octanol–water partition coefficient (Wildman–Crippen LogP) is 1.25. The molecule has 2 N–H and O–H groups in total. The van der Waals surface area contributed by atoms with Crippen LogP contribution in [-0.4, -0.2) is 29.1 Å². The fourth-order valence-corrected chi connectivity index (χ4v) is 2.31. The van der Waals surface area contributed by atoms with Crippen molar-refractivity contribution < 1.29 is 0 Å². The van der Waals surface area contributed by atoms with Crippen molar-refractivity contribution in [3.63, 3.8) is 0 Å². The van der Waals surface area contributed by atoms with Crippen molar-refractivity contribution in [2.75, 3.05) is 18.0 Å². The van der Waals surface area contributed by atoms with Crippen LogP contribution in [0, 0.1) is 9.49 Å². The number of halogens is 1. The van der Waals surface area contributed by atoms with Crippen molar-refractivity contribution in [2.24, 2.45) is 11.7 Å². The van der Waals surface area contributed by atoms with Crippen molar-refractivity contribution in [2.45, 2.75) is 19.4 Å². The molecular weight excluding hydrogens is 303 g/mol. The molecule has 0 saturated carbocycles. The lowest BCUT2D eigenvalue weighted by atomic mass is 9.97. The first kappa shape index (κ1) is 11.1. The summed E-state index contributed by atoms with van der Waals surface area (Å²) in [4.78, 5) is 10.8. The van der Waals surface area contributed by atoms with Gasteiger partial charge in [0, 0.05) is 35.1 Å². The van der Waals surface area contributed by atoms with Crippen molar-refractivity contribution >= 4 is 28.5 Å². The van der Waals surface area contributed by atoms with E-state index in [0.717, 1.165) is 29.0 Å². The van der Waals surface area contributed by atoms with Crippen LogP contribution in [0.2, 0.25) is 0 Å². The summed E-state index contributed by atoms with van der Waals surface area (Å²) in [5, 5.41) is 0. The molecule has 2 unspecified atom stereocenters. The highest BCUT2D eigenvalue weighted by atomic mass is 127. The van der Waals surface area contributed by atoms with E-state index in [0.29, 0.717) is 5.92 Å². The highest BCUT2D eigenvalue weighted by Gasteiger charge is 2.23. The van der Waals surface area contributed by atoms with E-state index in [2.05, 4.69) is 44.4 Å². The van der Waals surface area contributed by atoms with Crippen LogP contribution in [0.3, 0.4) is 0 Å². The summed E-state index contributed by atoms with van der Waals surface area (Å²) in [7, 11) is 0. The van der Waals surface area contributed by atoms with Crippen molar-refractivity contribution in [3.05, 3.63) is 16.0 Å². The molecule has 15 heavy (non-hydrogen) atoms. The van der Waals surface area contributed by atoms with E-state index in [1.807, 2.05) is 12.4 Å². The normalized spacial score (nSPS) is 26.7. The lowest BCUT2D eigenvalue weighted by Crippen LogP contribution is -2.47. The summed E-state index contributed by atoms with van der Waals surface area (Å²) in [5.41, 5.74) is 5.98. The third kappa shape index (κ3) is 2.78. The maximum atomic E-state index is 5.98. The quantitative estimate of drug-likeness (QED) is 0.792. The molecule has 0 spiro atoms. The van der Waals surface area contributed by atoms with E-state index in [1.54, 1.807) is 0 Å². The predicted molar refractivity (Wildman–Crippen MR) is 68.7 cm³/mol. The molecule has 1 aliphatic rings. The molecule has 0 bridgehead atoms. The van der Waals surface area contributed by atoms with E-state index in [9.17, 15) is 0 Å². The van der Waals surface area contributed by atoms with Gasteiger partial charge in [-0.1, -0.05) is 6.92 Å². The van der Waals surface area contributed by atoms with Gasteiger partial charge >= 0.3 is 0 Å². The number of aromatic nitrogens is 2. The maximum Gasteiger partial charge on any atom is 0.225 e. The number of nitrogens with zero attached hydrogens (tertiary/aromatic N) is 3. The molecule has 0 aliphatic carbocycles. The Morgan fingerprint density at radius 1 is 1.40 bits per heavy atom. The Bertz CT molecular complexity index is 317. The average Bonchev–Trinajstić information content (AvgIpc) is 2.17. The molecule has 0 radical (unpaired) electrons. The van der Waals surface area contributed by atoms with Gasteiger partial charge in [-0.2, -0.15) is 0 Å². The molecule has 1 fully saturated rings. The first-order chi connectivity index (χ1) is 7.15. The first-order valence-corrected chi connectivity index (χ1v) is 6.21. The zero-order chi connectivity index (χ0) is 10.8. The average molecular weight is 318 g/mol. The molecule has 2 atom stereocenters. The van der Waals surface area contributed by atoms with Crippen molar-refractivity contribution in [3.8, 4) is 0 Å². The number of anilines is 1. The van der Waals surface area contributed by atoms with Gasteiger partial charge in [0.15, 0.2) is 0 Å². The van der Waals surface area contributed by atoms with Crippen LogP contribution in [0.1, 0.15) is 13.3 Å². The van der Waals surface area contributed by atoms with Crippen molar-refractivity contribution in [1.29, 1.82) is 0 Å². The van der Waals surface area contributed by atoms with E-state index in [1.165, 1.54) is 0 Å². The minimum Gasteiger partial charge on any atom is -0.339 e. The Balaban J connectivity index is 2.12. The van der Waals surface area contributed by atoms with E-state index in [4.69, 9.17) is 5.73 Å². The first-order valence-electron chi connectivity index (χ1n) is 5.13. The summed E-state index contributed by atoms with van der Waals surface area (Å²) >= 11 is 2.21. The van der Waals surface area contributed by atoms with Gasteiger partial charge in [0.05, 0.1) is 0 Å². The van der Waals surface area contributed by atoms with E-state index >= 15 is 0 Å². The molecule has 1 aromatic heterocycles. The second-order valence-electron chi connectivity index (χ2n) is 4.21. The van der Waals surface area contributed by atoms with Crippen LogP contribution in [0.4, 0.5) is 5.95 Å². The third-order valence-corrected chi connectivity index (χ3v) is 3.14. The fraction of sp³-hybridized carbons (Fsp3) is 0.600. The summed E-state index contributed by atoms with van der Waals surface area (Å²) in [6, 6.07) is 0.247. The Hall–Kier alpha value is -0.430. The number of piperidine rings is 1. The standard InChI is InChI=1S/C10H15IN4/c1-7-2-9(12)6-15(5-7)10-13-3-8(11)4-14-10/h3-4,7,9H,2,5-6,12H2,1H3. The van der Waals surface area contributed by atoms with Crippen LogP contribution in [0.5, 0.6) is 0 Å². The molecule has 2 heterocycles. The molecular formula is C10H15IN4. The Labute approximate surface area is 103 Å². The Morgan fingerprint density at radius 3 is 2.67 bits per heavy atom. The molecule has 5 heteroatoms. The van der Waals surface area contributed by atoms with Gasteiger partial charge in [0.25, 0.3) is 0 Å². The van der Waals surface area contributed by atoms with Crippen LogP contribution in [0.25, 0.3) is 0 Å². The lowest BCUT2D eigenvalue weighted by molar-refractivity contribution is 0.397. The van der Waals surface area contributed by atoms with Gasteiger partial charge in [0.2, 0.25) is 5.95 Å². The zero-order valence-corrected chi connectivity index (χ0v) is 10.9. The van der Waals surface area contributed by atoms with Crippen molar-refractivity contribution in [1.82, 2.24) is 9.97 Å². The minimum absolute atomic E-state index is 0.247.